The van der Waals surface area contributed by atoms with Gasteiger partial charge in [0.05, 0.1) is 19.8 Å². The minimum atomic E-state index is -4.31. The molecule has 0 spiro atoms. The van der Waals surface area contributed by atoms with Crippen molar-refractivity contribution in [1.29, 1.82) is 0 Å². The second kappa shape index (κ2) is 14.3. The Morgan fingerprint density at radius 3 is 2.26 bits per heavy atom. The van der Waals surface area contributed by atoms with Crippen LogP contribution >= 0.6 is 24.0 Å². The molecule has 0 radical (unpaired) electrons. The molecule has 0 saturated carbocycles. The highest BCUT2D eigenvalue weighted by Crippen LogP contribution is 2.16. The van der Waals surface area contributed by atoms with Gasteiger partial charge in [0.2, 0.25) is 0 Å². The summed E-state index contributed by atoms with van der Waals surface area (Å²) >= 11 is 0. The Hall–Kier alpha value is -1.85. The molecular formula is C22H29F3IN3O2. The van der Waals surface area contributed by atoms with Gasteiger partial charge in [0.15, 0.2) is 5.96 Å². The summed E-state index contributed by atoms with van der Waals surface area (Å²) in [5, 5.41) is 6.47. The first-order valence-electron chi connectivity index (χ1n) is 9.71. The fourth-order valence-corrected chi connectivity index (χ4v) is 2.72. The van der Waals surface area contributed by atoms with E-state index in [0.717, 1.165) is 23.2 Å². The van der Waals surface area contributed by atoms with Crippen molar-refractivity contribution in [3.8, 4) is 0 Å². The number of halogens is 4. The lowest BCUT2D eigenvalue weighted by molar-refractivity contribution is -0.176. The lowest BCUT2D eigenvalue weighted by Crippen LogP contribution is -2.36. The molecule has 172 valence electrons. The van der Waals surface area contributed by atoms with E-state index in [9.17, 15) is 13.2 Å². The predicted molar refractivity (Wildman–Crippen MR) is 126 cm³/mol. The fraction of sp³-hybridized carbons (Fsp3) is 0.409. The van der Waals surface area contributed by atoms with Crippen molar-refractivity contribution in [1.82, 2.24) is 10.6 Å². The quantitative estimate of drug-likeness (QED) is 0.254. The summed E-state index contributed by atoms with van der Waals surface area (Å²) in [7, 11) is 1.67. The first-order valence-corrected chi connectivity index (χ1v) is 9.71. The Bertz CT molecular complexity index is 799. The molecule has 0 saturated heterocycles. The van der Waals surface area contributed by atoms with Crippen molar-refractivity contribution in [2.45, 2.75) is 39.4 Å². The zero-order chi connectivity index (χ0) is 21.8. The van der Waals surface area contributed by atoms with Gasteiger partial charge in [-0.25, -0.2) is 4.99 Å². The number of guanidine groups is 1. The number of nitrogens with zero attached hydrogens (tertiary/aromatic N) is 1. The highest BCUT2D eigenvalue weighted by molar-refractivity contribution is 14.0. The highest BCUT2D eigenvalue weighted by Gasteiger charge is 2.27. The van der Waals surface area contributed by atoms with E-state index >= 15 is 0 Å². The highest BCUT2D eigenvalue weighted by atomic mass is 127. The molecule has 2 aromatic rings. The predicted octanol–water partition coefficient (Wildman–Crippen LogP) is 4.79. The number of nitrogens with one attached hydrogen (secondary N) is 2. The Morgan fingerprint density at radius 2 is 1.61 bits per heavy atom. The van der Waals surface area contributed by atoms with Gasteiger partial charge in [-0.05, 0) is 29.2 Å². The van der Waals surface area contributed by atoms with Gasteiger partial charge in [-0.2, -0.15) is 13.2 Å². The lowest BCUT2D eigenvalue weighted by Gasteiger charge is -2.12. The first-order chi connectivity index (χ1) is 14.4. The molecule has 0 heterocycles. The Balaban J connectivity index is 0.00000480. The van der Waals surface area contributed by atoms with Crippen LogP contribution in [0.1, 0.15) is 29.2 Å². The molecule has 9 heteroatoms. The largest absolute Gasteiger partial charge is 0.411 e. The number of benzene rings is 2. The number of hydrogen-bond donors (Lipinski definition) is 2. The third kappa shape index (κ3) is 11.4. The molecule has 2 aromatic carbocycles. The SMILES string of the molecule is CCNC(=NCc1cccc(COC)c1)NCc1ccc(COCC(F)(F)F)cc1.I. The maximum Gasteiger partial charge on any atom is 0.411 e. The van der Waals surface area contributed by atoms with Gasteiger partial charge >= 0.3 is 6.18 Å². The maximum absolute atomic E-state index is 12.1. The summed E-state index contributed by atoms with van der Waals surface area (Å²) in [6.07, 6.45) is -4.31. The topological polar surface area (TPSA) is 54.9 Å². The standard InChI is InChI=1S/C22H28F3N3O2.HI/c1-3-26-21(28-13-19-5-4-6-20(11-19)14-29-2)27-12-17-7-9-18(10-8-17)15-30-16-22(23,24)25;/h4-11H,3,12-16H2,1-2H3,(H2,26,27,28);1H. The van der Waals surface area contributed by atoms with E-state index in [0.29, 0.717) is 31.2 Å². The summed E-state index contributed by atoms with van der Waals surface area (Å²) in [6.45, 7) is 3.04. The summed E-state index contributed by atoms with van der Waals surface area (Å²) in [5.74, 6) is 0.687. The van der Waals surface area contributed by atoms with Crippen LogP contribution in [0.5, 0.6) is 0 Å². The zero-order valence-corrected chi connectivity index (χ0v) is 20.0. The Labute approximate surface area is 198 Å². The fourth-order valence-electron chi connectivity index (χ4n) is 2.72. The molecule has 0 aliphatic rings. The van der Waals surface area contributed by atoms with Crippen molar-refractivity contribution < 1.29 is 22.6 Å². The van der Waals surface area contributed by atoms with Gasteiger partial charge in [0.1, 0.15) is 6.61 Å². The van der Waals surface area contributed by atoms with E-state index in [1.54, 1.807) is 19.2 Å². The molecule has 0 amide bonds. The van der Waals surface area contributed by atoms with Gasteiger partial charge in [0.25, 0.3) is 0 Å². The minimum absolute atomic E-state index is 0. The summed E-state index contributed by atoms with van der Waals surface area (Å²) < 4.78 is 46.2. The monoisotopic (exact) mass is 551 g/mol. The minimum Gasteiger partial charge on any atom is -0.380 e. The number of alkyl halides is 3. The Kier molecular flexibility index (Phi) is 12.5. The molecule has 0 aromatic heterocycles. The molecule has 0 bridgehead atoms. The van der Waals surface area contributed by atoms with Crippen molar-refractivity contribution in [3.05, 3.63) is 70.8 Å². The molecular weight excluding hydrogens is 522 g/mol. The van der Waals surface area contributed by atoms with Crippen LogP contribution in [0.3, 0.4) is 0 Å². The van der Waals surface area contributed by atoms with Crippen molar-refractivity contribution in [3.63, 3.8) is 0 Å². The van der Waals surface area contributed by atoms with E-state index in [2.05, 4.69) is 26.4 Å². The van der Waals surface area contributed by atoms with E-state index in [1.807, 2.05) is 37.3 Å². The normalized spacial score (nSPS) is 11.7. The number of hydrogen-bond acceptors (Lipinski definition) is 3. The second-order valence-electron chi connectivity index (χ2n) is 6.73. The number of ether oxygens (including phenoxy) is 2. The van der Waals surface area contributed by atoms with Crippen LogP contribution in [0.25, 0.3) is 0 Å². The van der Waals surface area contributed by atoms with E-state index in [4.69, 9.17) is 4.74 Å². The summed E-state index contributed by atoms with van der Waals surface area (Å²) in [4.78, 5) is 4.61. The molecule has 2 rings (SSSR count). The number of rotatable bonds is 10. The van der Waals surface area contributed by atoms with E-state index < -0.39 is 12.8 Å². The second-order valence-corrected chi connectivity index (χ2v) is 6.73. The van der Waals surface area contributed by atoms with Crippen LogP contribution in [0.2, 0.25) is 0 Å². The molecule has 0 aliphatic carbocycles. The van der Waals surface area contributed by atoms with Gasteiger partial charge in [0, 0.05) is 20.2 Å². The summed E-state index contributed by atoms with van der Waals surface area (Å²) in [6, 6.07) is 15.3. The van der Waals surface area contributed by atoms with Gasteiger partial charge in [-0.1, -0.05) is 48.5 Å². The van der Waals surface area contributed by atoms with Crippen LogP contribution in [0.4, 0.5) is 13.2 Å². The zero-order valence-electron chi connectivity index (χ0n) is 17.7. The summed E-state index contributed by atoms with van der Waals surface area (Å²) in [5.41, 5.74) is 3.87. The van der Waals surface area contributed by atoms with Crippen LogP contribution in [0.15, 0.2) is 53.5 Å². The van der Waals surface area contributed by atoms with Gasteiger partial charge in [-0.15, -0.1) is 24.0 Å². The number of methoxy groups -OCH3 is 1. The van der Waals surface area contributed by atoms with Crippen molar-refractivity contribution in [2.24, 2.45) is 4.99 Å². The van der Waals surface area contributed by atoms with Gasteiger partial charge < -0.3 is 20.1 Å². The molecule has 2 N–H and O–H groups in total. The van der Waals surface area contributed by atoms with Crippen LogP contribution in [-0.4, -0.2) is 32.4 Å². The molecule has 0 aliphatic heterocycles. The molecule has 0 fully saturated rings. The average molecular weight is 551 g/mol. The van der Waals surface area contributed by atoms with Gasteiger partial charge in [-0.3, -0.25) is 0 Å². The Morgan fingerprint density at radius 1 is 0.935 bits per heavy atom. The van der Waals surface area contributed by atoms with E-state index in [-0.39, 0.29) is 30.6 Å². The third-order valence-electron chi connectivity index (χ3n) is 4.08. The van der Waals surface area contributed by atoms with Crippen molar-refractivity contribution in [2.75, 3.05) is 20.3 Å². The van der Waals surface area contributed by atoms with Crippen LogP contribution in [0, 0.1) is 0 Å². The van der Waals surface area contributed by atoms with Crippen LogP contribution < -0.4 is 10.6 Å². The average Bonchev–Trinajstić information content (AvgIpc) is 2.71. The van der Waals surface area contributed by atoms with Crippen LogP contribution in [-0.2, 0) is 35.8 Å². The number of aliphatic imine (C=N–C) groups is 1. The molecule has 0 atom stereocenters. The molecule has 0 unspecified atom stereocenters. The van der Waals surface area contributed by atoms with Crippen molar-refractivity contribution >= 4 is 29.9 Å². The molecule has 31 heavy (non-hydrogen) atoms. The lowest BCUT2D eigenvalue weighted by atomic mass is 10.1. The smallest absolute Gasteiger partial charge is 0.380 e. The maximum atomic E-state index is 12.1. The third-order valence-corrected chi connectivity index (χ3v) is 4.08. The van der Waals surface area contributed by atoms with E-state index in [1.165, 1.54) is 0 Å². The first kappa shape index (κ1) is 27.2. The molecule has 5 nitrogen and oxygen atoms in total.